The Morgan fingerprint density at radius 3 is 2.24 bits per heavy atom. The summed E-state index contributed by atoms with van der Waals surface area (Å²) in [5, 5.41) is 0. The van der Waals surface area contributed by atoms with Crippen molar-refractivity contribution in [3.8, 4) is 5.75 Å². The maximum Gasteiger partial charge on any atom is 0.127 e. The lowest BCUT2D eigenvalue weighted by Crippen LogP contribution is -2.34. The van der Waals surface area contributed by atoms with Crippen LogP contribution in [0.4, 0.5) is 4.39 Å². The Balaban J connectivity index is 2.46. The van der Waals surface area contributed by atoms with E-state index in [-0.39, 0.29) is 17.6 Å². The lowest BCUT2D eigenvalue weighted by atomic mass is 9.78. The van der Waals surface area contributed by atoms with Crippen molar-refractivity contribution in [2.24, 2.45) is 0 Å². The zero-order valence-corrected chi connectivity index (χ0v) is 13.3. The number of methoxy groups -OCH3 is 1. The summed E-state index contributed by atoms with van der Waals surface area (Å²) in [6.07, 6.45) is 0.519. The van der Waals surface area contributed by atoms with Gasteiger partial charge < -0.3 is 4.74 Å². The third-order valence-corrected chi connectivity index (χ3v) is 4.70. The largest absolute Gasteiger partial charge is 0.496 e. The van der Waals surface area contributed by atoms with Gasteiger partial charge in [-0.3, -0.25) is 0 Å². The highest BCUT2D eigenvalue weighted by Crippen LogP contribution is 2.35. The number of hydrogen-bond donors (Lipinski definition) is 0. The van der Waals surface area contributed by atoms with E-state index in [1.807, 2.05) is 24.3 Å². The maximum atomic E-state index is 14.2. The molecule has 0 aliphatic heterocycles. The summed E-state index contributed by atoms with van der Waals surface area (Å²) in [7, 11) is 1.62. The van der Waals surface area contributed by atoms with Crippen LogP contribution in [0.25, 0.3) is 0 Å². The molecule has 2 aromatic rings. The molecule has 0 aliphatic rings. The van der Waals surface area contributed by atoms with E-state index < -0.39 is 5.41 Å². The molecule has 0 N–H and O–H groups in total. The minimum absolute atomic E-state index is 0.232. The topological polar surface area (TPSA) is 9.23 Å². The second-order valence-electron chi connectivity index (χ2n) is 5.02. The third kappa shape index (κ3) is 3.33. The molecule has 0 radical (unpaired) electrons. The Morgan fingerprint density at radius 1 is 1.00 bits per heavy atom. The molecule has 4 heteroatoms. The highest BCUT2D eigenvalue weighted by atomic mass is 35.5. The average Bonchev–Trinajstić information content (AvgIpc) is 2.54. The van der Waals surface area contributed by atoms with Gasteiger partial charge in [0.05, 0.1) is 7.11 Å². The number of halogens is 3. The summed E-state index contributed by atoms with van der Waals surface area (Å²) in [5.74, 6) is 0.937. The summed E-state index contributed by atoms with van der Waals surface area (Å²) in [4.78, 5) is 0. The van der Waals surface area contributed by atoms with Crippen molar-refractivity contribution in [2.75, 3.05) is 18.9 Å². The Kier molecular flexibility index (Phi) is 5.49. The van der Waals surface area contributed by atoms with Gasteiger partial charge in [-0.15, -0.1) is 23.2 Å². The predicted octanol–water partition coefficient (Wildman–Crippen LogP) is 4.79. The van der Waals surface area contributed by atoms with Crippen LogP contribution >= 0.6 is 23.2 Å². The zero-order valence-electron chi connectivity index (χ0n) is 11.8. The molecule has 0 heterocycles. The van der Waals surface area contributed by atoms with Gasteiger partial charge in [-0.1, -0.05) is 36.4 Å². The number of alkyl halides is 2. The van der Waals surface area contributed by atoms with Crippen LogP contribution in [0, 0.1) is 5.82 Å². The van der Waals surface area contributed by atoms with Crippen LogP contribution in [-0.2, 0) is 11.8 Å². The molecule has 2 aromatic carbocycles. The Morgan fingerprint density at radius 2 is 1.62 bits per heavy atom. The Hall–Kier alpha value is -1.25. The van der Waals surface area contributed by atoms with Crippen LogP contribution in [0.3, 0.4) is 0 Å². The molecule has 0 amide bonds. The minimum Gasteiger partial charge on any atom is -0.496 e. The first-order valence-corrected chi connectivity index (χ1v) is 7.72. The summed E-state index contributed by atoms with van der Waals surface area (Å²) in [6, 6.07) is 14.3. The van der Waals surface area contributed by atoms with Crippen molar-refractivity contribution in [2.45, 2.75) is 11.8 Å². The number of ether oxygens (including phenoxy) is 1. The molecular formula is C17H17Cl2FO. The lowest BCUT2D eigenvalue weighted by molar-refractivity contribution is 0.401. The molecule has 0 bridgehead atoms. The maximum absolute atomic E-state index is 14.2. The van der Waals surface area contributed by atoms with Gasteiger partial charge in [0.2, 0.25) is 0 Å². The van der Waals surface area contributed by atoms with Gasteiger partial charge in [0.25, 0.3) is 0 Å². The lowest BCUT2D eigenvalue weighted by Gasteiger charge is -2.31. The summed E-state index contributed by atoms with van der Waals surface area (Å²) >= 11 is 12.4. The number of benzene rings is 2. The zero-order chi connectivity index (χ0) is 15.3. The number of hydrogen-bond acceptors (Lipinski definition) is 1. The van der Waals surface area contributed by atoms with Gasteiger partial charge >= 0.3 is 0 Å². The summed E-state index contributed by atoms with van der Waals surface area (Å²) < 4.78 is 19.6. The van der Waals surface area contributed by atoms with Gasteiger partial charge in [-0.25, -0.2) is 4.39 Å². The van der Waals surface area contributed by atoms with Crippen molar-refractivity contribution in [3.05, 3.63) is 65.5 Å². The first-order chi connectivity index (χ1) is 10.2. The van der Waals surface area contributed by atoms with Gasteiger partial charge in [0.15, 0.2) is 0 Å². The van der Waals surface area contributed by atoms with E-state index in [1.165, 1.54) is 6.07 Å². The van der Waals surface area contributed by atoms with E-state index in [2.05, 4.69) is 0 Å². The van der Waals surface area contributed by atoms with Gasteiger partial charge in [-0.2, -0.15) is 0 Å². The fourth-order valence-corrected chi connectivity index (χ4v) is 3.24. The normalized spacial score (nSPS) is 11.4. The summed E-state index contributed by atoms with van der Waals surface area (Å²) in [6.45, 7) is 0. The van der Waals surface area contributed by atoms with Crippen LogP contribution < -0.4 is 4.74 Å². The van der Waals surface area contributed by atoms with Crippen molar-refractivity contribution in [1.82, 2.24) is 0 Å². The fraction of sp³-hybridized carbons (Fsp3) is 0.294. The SMILES string of the molecule is COc1ccccc1CC(CCl)(CCl)c1ccccc1F. The molecule has 0 aliphatic carbocycles. The van der Waals surface area contributed by atoms with Gasteiger partial charge in [-0.05, 0) is 29.7 Å². The van der Waals surface area contributed by atoms with Gasteiger partial charge in [0.1, 0.15) is 11.6 Å². The third-order valence-electron chi connectivity index (χ3n) is 3.68. The van der Waals surface area contributed by atoms with Crippen molar-refractivity contribution < 1.29 is 9.13 Å². The van der Waals surface area contributed by atoms with Gasteiger partial charge in [0, 0.05) is 17.2 Å². The molecule has 0 unspecified atom stereocenters. The number of para-hydroxylation sites is 1. The molecule has 0 atom stereocenters. The van der Waals surface area contributed by atoms with Crippen LogP contribution in [0.15, 0.2) is 48.5 Å². The monoisotopic (exact) mass is 326 g/mol. The molecule has 21 heavy (non-hydrogen) atoms. The molecule has 1 nitrogen and oxygen atoms in total. The molecule has 0 spiro atoms. The Labute approximate surface area is 134 Å². The van der Waals surface area contributed by atoms with E-state index in [1.54, 1.807) is 25.3 Å². The quantitative estimate of drug-likeness (QED) is 0.693. The number of rotatable bonds is 6. The first kappa shape index (κ1) is 16.1. The molecule has 0 saturated carbocycles. The minimum atomic E-state index is -0.664. The molecule has 0 fully saturated rings. The highest BCUT2D eigenvalue weighted by molar-refractivity contribution is 6.22. The fourth-order valence-electron chi connectivity index (χ4n) is 2.47. The van der Waals surface area contributed by atoms with E-state index in [0.29, 0.717) is 12.0 Å². The smallest absolute Gasteiger partial charge is 0.127 e. The van der Waals surface area contributed by atoms with E-state index >= 15 is 0 Å². The van der Waals surface area contributed by atoms with E-state index in [9.17, 15) is 4.39 Å². The van der Waals surface area contributed by atoms with Crippen LogP contribution in [0.1, 0.15) is 11.1 Å². The van der Waals surface area contributed by atoms with Crippen molar-refractivity contribution >= 4 is 23.2 Å². The second kappa shape index (κ2) is 7.15. The molecule has 112 valence electrons. The Bertz CT molecular complexity index is 597. The van der Waals surface area contributed by atoms with Crippen molar-refractivity contribution in [1.29, 1.82) is 0 Å². The molecular weight excluding hydrogens is 310 g/mol. The molecule has 0 aromatic heterocycles. The highest BCUT2D eigenvalue weighted by Gasteiger charge is 2.34. The van der Waals surface area contributed by atoms with Crippen LogP contribution in [0.2, 0.25) is 0 Å². The van der Waals surface area contributed by atoms with Crippen molar-refractivity contribution in [3.63, 3.8) is 0 Å². The molecule has 0 saturated heterocycles. The van der Waals surface area contributed by atoms with Crippen LogP contribution in [0.5, 0.6) is 5.75 Å². The predicted molar refractivity (Wildman–Crippen MR) is 86.2 cm³/mol. The standard InChI is InChI=1S/C17H17Cl2FO/c1-21-16-9-5-2-6-13(16)10-17(11-18,12-19)14-7-3-4-8-15(14)20/h2-9H,10-12H2,1H3. The van der Waals surface area contributed by atoms with E-state index in [4.69, 9.17) is 27.9 Å². The van der Waals surface area contributed by atoms with Crippen LogP contribution in [-0.4, -0.2) is 18.9 Å². The first-order valence-electron chi connectivity index (χ1n) is 6.65. The molecule has 2 rings (SSSR count). The van der Waals surface area contributed by atoms with E-state index in [0.717, 1.165) is 11.3 Å². The summed E-state index contributed by atoms with van der Waals surface area (Å²) in [5.41, 5.74) is 0.841. The average molecular weight is 327 g/mol. The second-order valence-corrected chi connectivity index (χ2v) is 5.55.